The van der Waals surface area contributed by atoms with Gasteiger partial charge in [0.2, 0.25) is 0 Å². The third-order valence-electron chi connectivity index (χ3n) is 9.79. The van der Waals surface area contributed by atoms with Gasteiger partial charge in [-0.3, -0.25) is 19.4 Å². The summed E-state index contributed by atoms with van der Waals surface area (Å²) in [7, 11) is 2.67. The Morgan fingerprint density at radius 3 is 2.31 bits per heavy atom. The maximum atomic E-state index is 13.8. The van der Waals surface area contributed by atoms with Crippen molar-refractivity contribution in [1.82, 2.24) is 25.3 Å². The highest BCUT2D eigenvalue weighted by molar-refractivity contribution is 6.27. The Hall–Kier alpha value is -5.03. The highest BCUT2D eigenvalue weighted by atomic mass is 16.5. The van der Waals surface area contributed by atoms with Crippen molar-refractivity contribution >= 4 is 57.1 Å². The van der Waals surface area contributed by atoms with E-state index in [1.807, 2.05) is 39.0 Å². The van der Waals surface area contributed by atoms with Crippen molar-refractivity contribution in [2.75, 3.05) is 27.4 Å². The van der Waals surface area contributed by atoms with Crippen molar-refractivity contribution in [2.24, 2.45) is 0 Å². The second-order valence-corrected chi connectivity index (χ2v) is 12.5. The molecule has 2 atom stereocenters. The number of allylic oxidation sites excluding steroid dienone is 1. The average molecular weight is 668 g/mol. The van der Waals surface area contributed by atoms with E-state index in [1.54, 1.807) is 0 Å². The number of hydrogen-bond donors (Lipinski definition) is 4. The van der Waals surface area contributed by atoms with Crippen LogP contribution in [0.5, 0.6) is 0 Å². The zero-order valence-corrected chi connectivity index (χ0v) is 29.3. The fourth-order valence-corrected chi connectivity index (χ4v) is 6.96. The van der Waals surface area contributed by atoms with E-state index in [9.17, 15) is 19.5 Å². The molecule has 5 heterocycles. The van der Waals surface area contributed by atoms with Gasteiger partial charge < -0.3 is 29.9 Å². The number of methoxy groups -OCH3 is 2. The van der Waals surface area contributed by atoms with E-state index >= 15 is 0 Å². The van der Waals surface area contributed by atoms with Crippen LogP contribution in [0.3, 0.4) is 0 Å². The first-order chi connectivity index (χ1) is 23.5. The smallest absolute Gasteiger partial charge is 0.310 e. The lowest BCUT2D eigenvalue weighted by molar-refractivity contribution is -0.141. The summed E-state index contributed by atoms with van der Waals surface area (Å²) in [6, 6.07) is 6.03. The topological polar surface area (TPSA) is 159 Å². The first-order valence-electron chi connectivity index (χ1n) is 16.6. The molecule has 2 unspecified atom stereocenters. The summed E-state index contributed by atoms with van der Waals surface area (Å²) in [4.78, 5) is 56.7. The predicted octanol–water partition coefficient (Wildman–Crippen LogP) is 5.73. The molecule has 0 spiro atoms. The molecule has 49 heavy (non-hydrogen) atoms. The van der Waals surface area contributed by atoms with Gasteiger partial charge in [0.25, 0.3) is 5.91 Å². The average Bonchev–Trinajstić information content (AvgIpc) is 3.77. The van der Waals surface area contributed by atoms with Gasteiger partial charge in [-0.1, -0.05) is 26.5 Å². The van der Waals surface area contributed by atoms with Gasteiger partial charge in [0, 0.05) is 63.7 Å². The zero-order valence-electron chi connectivity index (χ0n) is 29.3. The van der Waals surface area contributed by atoms with Crippen LogP contribution >= 0.6 is 0 Å². The molecule has 11 heteroatoms. The largest absolute Gasteiger partial charge is 0.469 e. The van der Waals surface area contributed by atoms with Crippen LogP contribution in [0.25, 0.3) is 39.3 Å². The quantitative estimate of drug-likeness (QED) is 0.200. The normalized spacial score (nSPS) is 15.7. The third kappa shape index (κ3) is 6.67. The number of ether oxygens (including phenoxy) is 2. The van der Waals surface area contributed by atoms with Crippen LogP contribution in [-0.4, -0.2) is 70.3 Å². The van der Waals surface area contributed by atoms with E-state index < -0.39 is 11.9 Å². The number of amides is 1. The molecule has 1 amide bonds. The minimum absolute atomic E-state index is 0.0416. The number of aromatic nitrogens is 4. The Labute approximate surface area is 285 Å². The van der Waals surface area contributed by atoms with Gasteiger partial charge >= 0.3 is 11.9 Å². The lowest BCUT2D eigenvalue weighted by Crippen LogP contribution is -2.28. The summed E-state index contributed by atoms with van der Waals surface area (Å²) < 4.78 is 10.1. The number of carbonyl (C=O) groups excluding carboxylic acids is 3. The summed E-state index contributed by atoms with van der Waals surface area (Å²) in [5.74, 6) is -1.78. The summed E-state index contributed by atoms with van der Waals surface area (Å²) in [6.07, 6.45) is 2.92. The number of nitrogens with one attached hydrogen (secondary N) is 3. The summed E-state index contributed by atoms with van der Waals surface area (Å²) in [5, 5.41) is 12.3. The minimum atomic E-state index is -0.522. The number of H-pyrrole nitrogens is 2. The Morgan fingerprint density at radius 1 is 0.959 bits per heavy atom. The molecule has 8 bridgehead atoms. The fraction of sp³-hybridized carbons (Fsp3) is 0.395. The van der Waals surface area contributed by atoms with Crippen LogP contribution in [-0.2, 0) is 36.7 Å². The molecule has 0 radical (unpaired) electrons. The van der Waals surface area contributed by atoms with E-state index in [1.165, 1.54) is 14.2 Å². The molecule has 0 fully saturated rings. The molecule has 11 nitrogen and oxygen atoms in total. The monoisotopic (exact) mass is 667 g/mol. The summed E-state index contributed by atoms with van der Waals surface area (Å²) in [5.41, 5.74) is 11.3. The van der Waals surface area contributed by atoms with E-state index in [0.717, 1.165) is 56.4 Å². The number of aliphatic hydroxyl groups is 1. The highest BCUT2D eigenvalue weighted by Crippen LogP contribution is 2.44. The van der Waals surface area contributed by atoms with Gasteiger partial charge in [-0.15, -0.1) is 0 Å². The van der Waals surface area contributed by atoms with Gasteiger partial charge in [-0.2, -0.15) is 0 Å². The van der Waals surface area contributed by atoms with Crippen LogP contribution in [0.15, 0.2) is 24.8 Å². The zero-order chi connectivity index (χ0) is 35.6. The standard InChI is InChI=1S/C38H45N5O6/c1-9-23-19(3)27-16-29-21(5)25(11-12-33(45)48-7)36(42-29)26(15-34(46)49-8)37-35(38(47)39-13-14-44)22(6)30(43-37)18-32-24(10-2)20(4)28(41-32)17-31(23)40-27/h9,16-18,21,25,40-41,44H,1,10-15H2,2-8H3,(H,39,47). The molecule has 0 saturated carbocycles. The van der Waals surface area contributed by atoms with Gasteiger partial charge in [-0.25, -0.2) is 4.98 Å². The van der Waals surface area contributed by atoms with Crippen molar-refractivity contribution in [3.05, 3.63) is 75.4 Å². The number of rotatable bonds is 10. The van der Waals surface area contributed by atoms with Gasteiger partial charge in [0.1, 0.15) is 0 Å². The van der Waals surface area contributed by atoms with Crippen LogP contribution in [0.4, 0.5) is 0 Å². The van der Waals surface area contributed by atoms with E-state index in [4.69, 9.17) is 19.4 Å². The second-order valence-electron chi connectivity index (χ2n) is 12.5. The fourth-order valence-electron chi connectivity index (χ4n) is 6.96. The predicted molar refractivity (Wildman–Crippen MR) is 191 cm³/mol. The van der Waals surface area contributed by atoms with Crippen molar-refractivity contribution in [2.45, 2.75) is 72.1 Å². The first kappa shape index (κ1) is 35.3. The number of carbonyl (C=O) groups is 3. The van der Waals surface area contributed by atoms with E-state index in [-0.39, 0.29) is 49.4 Å². The van der Waals surface area contributed by atoms with E-state index in [2.05, 4.69) is 41.8 Å². The number of esters is 2. The lowest BCUT2D eigenvalue weighted by Gasteiger charge is -2.18. The Kier molecular flexibility index (Phi) is 10.5. The third-order valence-corrected chi connectivity index (χ3v) is 9.79. The number of aromatic amines is 2. The molecule has 3 aromatic rings. The van der Waals surface area contributed by atoms with Crippen molar-refractivity contribution < 1.29 is 29.0 Å². The Bertz CT molecular complexity index is 2040. The molecule has 258 valence electrons. The Balaban J connectivity index is 2.00. The molecule has 4 N–H and O–H groups in total. The van der Waals surface area contributed by atoms with Crippen molar-refractivity contribution in [3.8, 4) is 0 Å². The van der Waals surface area contributed by atoms with Crippen LogP contribution in [0, 0.1) is 13.8 Å². The number of fused-ring (bicyclic) bond motifs is 8. The SMILES string of the molecule is C=Cc1c(C)c2cc3nc(c(CC(=O)OC)c4nc(cc5[nH]c(cc1[nH]2)c(C)c5CC)C(C)=C4C(=O)NCCO)C(CCC(=O)OC)C3C. The summed E-state index contributed by atoms with van der Waals surface area (Å²) in [6.45, 7) is 14.0. The lowest BCUT2D eigenvalue weighted by atomic mass is 9.84. The maximum absolute atomic E-state index is 13.8. The highest BCUT2D eigenvalue weighted by Gasteiger charge is 2.35. The van der Waals surface area contributed by atoms with Crippen molar-refractivity contribution in [1.29, 1.82) is 0 Å². The first-order valence-corrected chi connectivity index (χ1v) is 16.6. The van der Waals surface area contributed by atoms with Crippen LogP contribution in [0.2, 0.25) is 0 Å². The van der Waals surface area contributed by atoms with Gasteiger partial charge in [0.15, 0.2) is 0 Å². The number of aliphatic hydroxyl groups excluding tert-OH is 1. The number of hydrogen-bond acceptors (Lipinski definition) is 8. The molecular formula is C38H45N5O6. The van der Waals surface area contributed by atoms with Gasteiger partial charge in [0.05, 0.1) is 49.9 Å². The molecule has 0 aromatic carbocycles. The van der Waals surface area contributed by atoms with Crippen LogP contribution < -0.4 is 5.32 Å². The molecule has 0 saturated heterocycles. The second kappa shape index (κ2) is 14.6. The van der Waals surface area contributed by atoms with E-state index in [0.29, 0.717) is 34.6 Å². The molecule has 0 aliphatic carbocycles. The molecule has 3 aromatic heterocycles. The van der Waals surface area contributed by atoms with Crippen molar-refractivity contribution in [3.63, 3.8) is 0 Å². The maximum Gasteiger partial charge on any atom is 0.310 e. The summed E-state index contributed by atoms with van der Waals surface area (Å²) >= 11 is 0. The molecule has 2 aliphatic rings. The molecular weight excluding hydrogens is 622 g/mol. The Morgan fingerprint density at radius 2 is 1.65 bits per heavy atom. The number of aryl methyl sites for hydroxylation is 3. The minimum Gasteiger partial charge on any atom is -0.469 e. The molecule has 5 rings (SSSR count). The molecule has 2 aliphatic heterocycles. The number of nitrogens with zero attached hydrogens (tertiary/aromatic N) is 2. The van der Waals surface area contributed by atoms with Gasteiger partial charge in [-0.05, 0) is 74.1 Å². The van der Waals surface area contributed by atoms with Crippen LogP contribution in [0.1, 0.15) is 96.0 Å².